The van der Waals surface area contributed by atoms with Crippen molar-refractivity contribution in [3.8, 4) is 10.6 Å². The molecule has 0 atom stereocenters. The minimum atomic E-state index is -4.77. The Labute approximate surface area is 192 Å². The fraction of sp³-hybridized carbons (Fsp3) is 0.632. The topological polar surface area (TPSA) is 97.3 Å². The third kappa shape index (κ3) is 5.28. The third-order valence-electron chi connectivity index (χ3n) is 5.90. The summed E-state index contributed by atoms with van der Waals surface area (Å²) in [7, 11) is -1.75. The van der Waals surface area contributed by atoms with E-state index in [0.717, 1.165) is 23.8 Å². The van der Waals surface area contributed by atoms with Gasteiger partial charge in [0, 0.05) is 32.2 Å². The first-order chi connectivity index (χ1) is 15.5. The van der Waals surface area contributed by atoms with Crippen LogP contribution in [0.5, 0.6) is 0 Å². The number of alkyl halides is 3. The van der Waals surface area contributed by atoms with Crippen LogP contribution in [-0.4, -0.2) is 66.3 Å². The minimum Gasteiger partial charge on any atom is -0.381 e. The zero-order valence-corrected chi connectivity index (χ0v) is 19.5. The van der Waals surface area contributed by atoms with Gasteiger partial charge in [0.2, 0.25) is 16.0 Å². The molecule has 182 valence electrons. The molecule has 2 aliphatic rings. The van der Waals surface area contributed by atoms with E-state index in [1.54, 1.807) is 7.11 Å². The van der Waals surface area contributed by atoms with Gasteiger partial charge < -0.3 is 10.1 Å². The maximum absolute atomic E-state index is 14.6. The van der Waals surface area contributed by atoms with E-state index < -0.39 is 33.4 Å². The summed E-state index contributed by atoms with van der Waals surface area (Å²) < 4.78 is 85.5. The van der Waals surface area contributed by atoms with Gasteiger partial charge >= 0.3 is 6.18 Å². The largest absolute Gasteiger partial charge is 0.434 e. The van der Waals surface area contributed by atoms with Gasteiger partial charge in [0.25, 0.3) is 0 Å². The number of sulfonamides is 1. The maximum Gasteiger partial charge on any atom is 0.434 e. The minimum absolute atomic E-state index is 0.0163. The summed E-state index contributed by atoms with van der Waals surface area (Å²) >= 11 is 0.790. The van der Waals surface area contributed by atoms with Gasteiger partial charge in [-0.05, 0) is 25.7 Å². The van der Waals surface area contributed by atoms with Crippen molar-refractivity contribution >= 4 is 27.3 Å². The highest BCUT2D eigenvalue weighted by Gasteiger charge is 2.42. The number of hydrogen-bond donors (Lipinski definition) is 1. The Hall–Kier alpha value is -1.90. The highest BCUT2D eigenvalue weighted by molar-refractivity contribution is 7.88. The summed E-state index contributed by atoms with van der Waals surface area (Å²) in [6.45, 7) is 0.593. The van der Waals surface area contributed by atoms with E-state index in [1.807, 2.05) is 0 Å². The first kappa shape index (κ1) is 24.2. The number of aromatic nitrogens is 3. The number of nitrogens with zero attached hydrogens (tertiary/aromatic N) is 4. The van der Waals surface area contributed by atoms with Crippen LogP contribution in [0.1, 0.15) is 42.3 Å². The predicted octanol–water partition coefficient (Wildman–Crippen LogP) is 3.49. The van der Waals surface area contributed by atoms with E-state index in [1.165, 1.54) is 4.31 Å². The summed E-state index contributed by atoms with van der Waals surface area (Å²) in [5.41, 5.74) is -1.62. The van der Waals surface area contributed by atoms with Gasteiger partial charge in [-0.3, -0.25) is 0 Å². The van der Waals surface area contributed by atoms with Gasteiger partial charge in [0.05, 0.1) is 28.4 Å². The van der Waals surface area contributed by atoms with E-state index in [9.17, 15) is 26.0 Å². The molecule has 2 aromatic heterocycles. The molecule has 0 aromatic carbocycles. The number of anilines is 1. The number of methoxy groups -OCH3 is 1. The number of thiazole rings is 1. The van der Waals surface area contributed by atoms with Crippen LogP contribution in [0.3, 0.4) is 0 Å². The van der Waals surface area contributed by atoms with Crippen molar-refractivity contribution in [3.63, 3.8) is 0 Å². The van der Waals surface area contributed by atoms with Gasteiger partial charge in [-0.25, -0.2) is 32.1 Å². The lowest BCUT2D eigenvalue weighted by Crippen LogP contribution is -2.42. The lowest BCUT2D eigenvalue weighted by Gasteiger charge is -2.32. The van der Waals surface area contributed by atoms with Crippen LogP contribution in [0.15, 0.2) is 6.20 Å². The standard InChI is InChI=1S/C19H23F4N5O3S2/c1-31-12-7-10(8-12)17-27-16(19(21,22)23)15(32-17)14-13(20)9-24-18(26-14)25-11-3-5-28(6-4-11)33(2,29)30/h9-12H,3-8H2,1-2H3,(H,24,25,26). The van der Waals surface area contributed by atoms with Crippen molar-refractivity contribution in [1.82, 2.24) is 19.3 Å². The molecule has 1 aliphatic heterocycles. The van der Waals surface area contributed by atoms with Crippen molar-refractivity contribution in [1.29, 1.82) is 0 Å². The average Bonchev–Trinajstić information content (AvgIpc) is 3.14. The lowest BCUT2D eigenvalue weighted by atomic mass is 9.83. The number of halogens is 4. The Morgan fingerprint density at radius 2 is 1.88 bits per heavy atom. The molecule has 4 rings (SSSR count). The van der Waals surface area contributed by atoms with E-state index in [-0.39, 0.29) is 33.9 Å². The lowest BCUT2D eigenvalue weighted by molar-refractivity contribution is -0.140. The second-order valence-corrected chi connectivity index (χ2v) is 11.2. The van der Waals surface area contributed by atoms with Crippen molar-refractivity contribution in [3.05, 3.63) is 22.7 Å². The monoisotopic (exact) mass is 509 g/mol. The number of nitrogens with one attached hydrogen (secondary N) is 1. The smallest absolute Gasteiger partial charge is 0.381 e. The van der Waals surface area contributed by atoms with Gasteiger partial charge in [-0.2, -0.15) is 13.2 Å². The Kier molecular flexibility index (Phi) is 6.64. The molecule has 1 saturated heterocycles. The molecule has 14 heteroatoms. The molecule has 33 heavy (non-hydrogen) atoms. The highest BCUT2D eigenvalue weighted by atomic mass is 32.2. The van der Waals surface area contributed by atoms with Crippen LogP contribution in [0.2, 0.25) is 0 Å². The Morgan fingerprint density at radius 3 is 2.45 bits per heavy atom. The highest BCUT2D eigenvalue weighted by Crippen LogP contribution is 2.46. The number of ether oxygens (including phenoxy) is 1. The van der Waals surface area contributed by atoms with Crippen LogP contribution in [0.25, 0.3) is 10.6 Å². The van der Waals surface area contributed by atoms with Crippen LogP contribution in [-0.2, 0) is 20.9 Å². The molecule has 0 amide bonds. The Bertz CT molecular complexity index is 1110. The molecule has 0 radical (unpaired) electrons. The summed E-state index contributed by atoms with van der Waals surface area (Å²) in [6.07, 6.45) is -0.766. The first-order valence-corrected chi connectivity index (χ1v) is 13.0. The SMILES string of the molecule is COC1CC(c2nc(C(F)(F)F)c(-c3nc(NC4CCN(S(C)(=O)=O)CC4)ncc3F)s2)C1. The van der Waals surface area contributed by atoms with E-state index in [2.05, 4.69) is 20.3 Å². The second-order valence-electron chi connectivity index (χ2n) is 8.22. The fourth-order valence-electron chi connectivity index (χ4n) is 3.93. The second kappa shape index (κ2) is 9.04. The number of piperidine rings is 1. The molecule has 2 aromatic rings. The predicted molar refractivity (Wildman–Crippen MR) is 114 cm³/mol. The molecule has 3 heterocycles. The van der Waals surface area contributed by atoms with Crippen molar-refractivity contribution < 1.29 is 30.7 Å². The third-order valence-corrected chi connectivity index (χ3v) is 8.43. The zero-order chi connectivity index (χ0) is 24.0. The first-order valence-electron chi connectivity index (χ1n) is 10.3. The molecular formula is C19H23F4N5O3S2. The van der Waals surface area contributed by atoms with E-state index in [0.29, 0.717) is 38.8 Å². The van der Waals surface area contributed by atoms with Crippen molar-refractivity contribution in [2.75, 3.05) is 31.8 Å². The Morgan fingerprint density at radius 1 is 1.21 bits per heavy atom. The Balaban J connectivity index is 1.57. The van der Waals surface area contributed by atoms with Crippen molar-refractivity contribution in [2.45, 2.75) is 49.9 Å². The molecule has 0 spiro atoms. The normalized spacial score (nSPS) is 22.8. The van der Waals surface area contributed by atoms with Gasteiger partial charge in [-0.1, -0.05) is 0 Å². The number of rotatable bonds is 6. The molecule has 0 unspecified atom stereocenters. The van der Waals surface area contributed by atoms with Crippen LogP contribution in [0, 0.1) is 5.82 Å². The van der Waals surface area contributed by atoms with Crippen molar-refractivity contribution in [2.24, 2.45) is 0 Å². The number of hydrogen-bond acceptors (Lipinski definition) is 8. The summed E-state index contributed by atoms with van der Waals surface area (Å²) in [6, 6.07) is -0.193. The molecule has 1 aliphatic carbocycles. The molecule has 2 fully saturated rings. The summed E-state index contributed by atoms with van der Waals surface area (Å²) in [5, 5.41) is 3.27. The summed E-state index contributed by atoms with van der Waals surface area (Å²) in [4.78, 5) is 11.3. The van der Waals surface area contributed by atoms with Crippen LogP contribution in [0.4, 0.5) is 23.5 Å². The quantitative estimate of drug-likeness (QED) is 0.596. The molecule has 8 nitrogen and oxygen atoms in total. The van der Waals surface area contributed by atoms with Gasteiger partial charge in [0.15, 0.2) is 11.5 Å². The molecule has 1 N–H and O–H groups in total. The van der Waals surface area contributed by atoms with Gasteiger partial charge in [-0.15, -0.1) is 11.3 Å². The molecule has 1 saturated carbocycles. The van der Waals surface area contributed by atoms with Crippen LogP contribution >= 0.6 is 11.3 Å². The molecular weight excluding hydrogens is 486 g/mol. The average molecular weight is 510 g/mol. The zero-order valence-electron chi connectivity index (χ0n) is 17.9. The van der Waals surface area contributed by atoms with Gasteiger partial charge in [0.1, 0.15) is 5.69 Å². The van der Waals surface area contributed by atoms with Crippen LogP contribution < -0.4 is 5.32 Å². The molecule has 0 bridgehead atoms. The van der Waals surface area contributed by atoms with E-state index >= 15 is 0 Å². The van der Waals surface area contributed by atoms with E-state index in [4.69, 9.17) is 4.74 Å². The summed E-state index contributed by atoms with van der Waals surface area (Å²) in [5.74, 6) is -1.16. The fourth-order valence-corrected chi connectivity index (χ4v) is 6.01. The maximum atomic E-state index is 14.6.